The summed E-state index contributed by atoms with van der Waals surface area (Å²) in [7, 11) is 0. The zero-order chi connectivity index (χ0) is 14.7. The van der Waals surface area contributed by atoms with Crippen molar-refractivity contribution in [1.29, 1.82) is 0 Å². The molecule has 0 spiro atoms. The fourth-order valence-electron chi connectivity index (χ4n) is 1.93. The molecule has 2 aromatic carbocycles. The van der Waals surface area contributed by atoms with E-state index in [-0.39, 0.29) is 6.04 Å². The molecule has 0 heterocycles. The molecule has 2 nitrogen and oxygen atoms in total. The highest BCUT2D eigenvalue weighted by Gasteiger charge is 2.10. The molecule has 0 unspecified atom stereocenters. The summed E-state index contributed by atoms with van der Waals surface area (Å²) >= 11 is 9.66. The maximum absolute atomic E-state index is 6.21. The zero-order valence-corrected chi connectivity index (χ0v) is 13.8. The number of aryl methyl sites for hydroxylation is 1. The molecule has 0 bridgehead atoms. The standard InChI is InChI=1S/C16H17BrClNO/c1-10-3-4-12(15(18)7-10)9-20-16-6-5-13(17)8-14(16)11(2)19/h3-8,11H,9,19H2,1-2H3/t11-/m0/s1. The van der Waals surface area contributed by atoms with Crippen LogP contribution in [0.5, 0.6) is 5.75 Å². The Morgan fingerprint density at radius 1 is 1.25 bits per heavy atom. The van der Waals surface area contributed by atoms with E-state index in [2.05, 4.69) is 15.9 Å². The van der Waals surface area contributed by atoms with Gasteiger partial charge in [-0.1, -0.05) is 39.7 Å². The van der Waals surface area contributed by atoms with Gasteiger partial charge in [-0.05, 0) is 43.7 Å². The Morgan fingerprint density at radius 2 is 2.00 bits per heavy atom. The van der Waals surface area contributed by atoms with Crippen LogP contribution in [0.25, 0.3) is 0 Å². The van der Waals surface area contributed by atoms with Gasteiger partial charge in [-0.3, -0.25) is 0 Å². The minimum atomic E-state index is -0.0870. The van der Waals surface area contributed by atoms with E-state index in [4.69, 9.17) is 22.1 Å². The minimum absolute atomic E-state index is 0.0870. The van der Waals surface area contributed by atoms with Crippen LogP contribution in [-0.2, 0) is 6.61 Å². The van der Waals surface area contributed by atoms with Gasteiger partial charge in [0.05, 0.1) is 0 Å². The molecule has 0 aliphatic carbocycles. The number of hydrogen-bond acceptors (Lipinski definition) is 2. The molecular weight excluding hydrogens is 338 g/mol. The van der Waals surface area contributed by atoms with E-state index in [1.54, 1.807) is 0 Å². The van der Waals surface area contributed by atoms with Crippen molar-refractivity contribution in [2.75, 3.05) is 0 Å². The molecule has 0 radical (unpaired) electrons. The van der Waals surface area contributed by atoms with Crippen LogP contribution < -0.4 is 10.5 Å². The summed E-state index contributed by atoms with van der Waals surface area (Å²) in [4.78, 5) is 0. The van der Waals surface area contributed by atoms with Crippen molar-refractivity contribution in [3.63, 3.8) is 0 Å². The predicted molar refractivity (Wildman–Crippen MR) is 87.3 cm³/mol. The molecular formula is C16H17BrClNO. The van der Waals surface area contributed by atoms with E-state index < -0.39 is 0 Å². The number of hydrogen-bond donors (Lipinski definition) is 1. The van der Waals surface area contributed by atoms with E-state index in [1.165, 1.54) is 0 Å². The van der Waals surface area contributed by atoms with E-state index >= 15 is 0 Å². The molecule has 4 heteroatoms. The van der Waals surface area contributed by atoms with Crippen molar-refractivity contribution < 1.29 is 4.74 Å². The second-order valence-electron chi connectivity index (χ2n) is 4.85. The average Bonchev–Trinajstić information content (AvgIpc) is 2.38. The molecule has 106 valence electrons. The highest BCUT2D eigenvalue weighted by atomic mass is 79.9. The van der Waals surface area contributed by atoms with Crippen molar-refractivity contribution in [2.24, 2.45) is 5.73 Å². The first-order valence-corrected chi connectivity index (χ1v) is 7.57. The fraction of sp³-hybridized carbons (Fsp3) is 0.250. The second-order valence-corrected chi connectivity index (χ2v) is 6.18. The maximum Gasteiger partial charge on any atom is 0.124 e. The number of ether oxygens (including phenoxy) is 1. The lowest BCUT2D eigenvalue weighted by molar-refractivity contribution is 0.301. The zero-order valence-electron chi connectivity index (χ0n) is 11.5. The Bertz CT molecular complexity index is 613. The Hall–Kier alpha value is -1.03. The largest absolute Gasteiger partial charge is 0.489 e. The van der Waals surface area contributed by atoms with Crippen LogP contribution in [0.15, 0.2) is 40.9 Å². The predicted octanol–water partition coefficient (Wildman–Crippen LogP) is 5.01. The van der Waals surface area contributed by atoms with Gasteiger partial charge in [-0.15, -0.1) is 0 Å². The van der Waals surface area contributed by atoms with Crippen LogP contribution in [0.2, 0.25) is 5.02 Å². The van der Waals surface area contributed by atoms with E-state index in [0.29, 0.717) is 6.61 Å². The molecule has 1 atom stereocenters. The topological polar surface area (TPSA) is 35.2 Å². The third-order valence-electron chi connectivity index (χ3n) is 3.05. The Morgan fingerprint density at radius 3 is 2.65 bits per heavy atom. The second kappa shape index (κ2) is 6.61. The summed E-state index contributed by atoms with van der Waals surface area (Å²) in [5.74, 6) is 0.792. The van der Waals surface area contributed by atoms with Gasteiger partial charge in [0.25, 0.3) is 0 Å². The molecule has 20 heavy (non-hydrogen) atoms. The molecule has 2 N–H and O–H groups in total. The van der Waals surface area contributed by atoms with Crippen LogP contribution >= 0.6 is 27.5 Å². The smallest absolute Gasteiger partial charge is 0.124 e. The van der Waals surface area contributed by atoms with Gasteiger partial charge in [-0.2, -0.15) is 0 Å². The summed E-state index contributed by atoms with van der Waals surface area (Å²) in [6.07, 6.45) is 0. The lowest BCUT2D eigenvalue weighted by Crippen LogP contribution is -2.08. The molecule has 0 aliphatic rings. The van der Waals surface area contributed by atoms with Crippen LogP contribution in [0, 0.1) is 6.92 Å². The lowest BCUT2D eigenvalue weighted by atomic mass is 10.1. The van der Waals surface area contributed by atoms with Gasteiger partial charge >= 0.3 is 0 Å². The molecule has 0 saturated heterocycles. The first-order valence-electron chi connectivity index (χ1n) is 6.40. The van der Waals surface area contributed by atoms with E-state index in [9.17, 15) is 0 Å². The SMILES string of the molecule is Cc1ccc(COc2ccc(Br)cc2[C@H](C)N)c(Cl)c1. The summed E-state index contributed by atoms with van der Waals surface area (Å²) in [5, 5.41) is 0.726. The molecule has 2 rings (SSSR count). The highest BCUT2D eigenvalue weighted by molar-refractivity contribution is 9.10. The molecule has 0 aromatic heterocycles. The summed E-state index contributed by atoms with van der Waals surface area (Å²) in [5.41, 5.74) is 9.06. The quantitative estimate of drug-likeness (QED) is 0.837. The molecule has 0 saturated carbocycles. The number of benzene rings is 2. The molecule has 0 fully saturated rings. The van der Waals surface area contributed by atoms with Crippen LogP contribution in [-0.4, -0.2) is 0 Å². The Labute approximate surface area is 133 Å². The fourth-order valence-corrected chi connectivity index (χ4v) is 2.60. The van der Waals surface area contributed by atoms with Gasteiger partial charge in [0, 0.05) is 26.7 Å². The monoisotopic (exact) mass is 353 g/mol. The van der Waals surface area contributed by atoms with Gasteiger partial charge in [0.15, 0.2) is 0 Å². The van der Waals surface area contributed by atoms with Crippen molar-refractivity contribution in [1.82, 2.24) is 0 Å². The minimum Gasteiger partial charge on any atom is -0.489 e. The first-order chi connectivity index (χ1) is 9.47. The Kier molecular flexibility index (Phi) is 5.08. The van der Waals surface area contributed by atoms with E-state index in [0.717, 1.165) is 31.9 Å². The van der Waals surface area contributed by atoms with Gasteiger partial charge in [0.2, 0.25) is 0 Å². The van der Waals surface area contributed by atoms with Gasteiger partial charge < -0.3 is 10.5 Å². The van der Waals surface area contributed by atoms with Gasteiger partial charge in [-0.25, -0.2) is 0 Å². The third kappa shape index (κ3) is 3.75. The number of nitrogens with two attached hydrogens (primary N) is 1. The Balaban J connectivity index is 2.18. The van der Waals surface area contributed by atoms with Crippen molar-refractivity contribution >= 4 is 27.5 Å². The van der Waals surface area contributed by atoms with Crippen LogP contribution in [0.4, 0.5) is 0 Å². The van der Waals surface area contributed by atoms with Crippen molar-refractivity contribution in [3.05, 3.63) is 62.6 Å². The van der Waals surface area contributed by atoms with Gasteiger partial charge in [0.1, 0.15) is 12.4 Å². The summed E-state index contributed by atoms with van der Waals surface area (Å²) < 4.78 is 6.87. The highest BCUT2D eigenvalue weighted by Crippen LogP contribution is 2.29. The number of rotatable bonds is 4. The first kappa shape index (κ1) is 15.4. The third-order valence-corrected chi connectivity index (χ3v) is 3.90. The van der Waals surface area contributed by atoms with Crippen molar-refractivity contribution in [2.45, 2.75) is 26.5 Å². The number of halogens is 2. The van der Waals surface area contributed by atoms with E-state index in [1.807, 2.05) is 50.2 Å². The normalized spacial score (nSPS) is 12.2. The van der Waals surface area contributed by atoms with Crippen LogP contribution in [0.1, 0.15) is 29.7 Å². The lowest BCUT2D eigenvalue weighted by Gasteiger charge is -2.15. The average molecular weight is 355 g/mol. The summed E-state index contributed by atoms with van der Waals surface area (Å²) in [6, 6.07) is 11.7. The summed E-state index contributed by atoms with van der Waals surface area (Å²) in [6.45, 7) is 4.38. The van der Waals surface area contributed by atoms with Crippen molar-refractivity contribution in [3.8, 4) is 5.75 Å². The maximum atomic E-state index is 6.21. The molecule has 2 aromatic rings. The molecule has 0 aliphatic heterocycles. The molecule has 0 amide bonds. The van der Waals surface area contributed by atoms with Crippen LogP contribution in [0.3, 0.4) is 0 Å².